The van der Waals surface area contributed by atoms with Crippen LogP contribution < -0.4 is 0 Å². The summed E-state index contributed by atoms with van der Waals surface area (Å²) in [6.07, 6.45) is -1.46. The normalized spacial score (nSPS) is 21.2. The number of aromatic nitrogens is 2. The van der Waals surface area contributed by atoms with E-state index in [0.717, 1.165) is 18.9 Å². The van der Waals surface area contributed by atoms with Crippen molar-refractivity contribution >= 4 is 39.3 Å². The SMILES string of the molecule is CC[C@H]1CCN(C(=O)c2c(C)cc(C(F)(F)F)nc2-c2ccnc3cc(CN4C(=O)C(C)C(C)(C)C4=O)sc23)C1. The lowest BCUT2D eigenvalue weighted by atomic mass is 9.82. The molecule has 2 aliphatic rings. The number of likely N-dealkylation sites (tertiary alicyclic amines) is 2. The van der Waals surface area contributed by atoms with E-state index in [0.29, 0.717) is 39.7 Å². The molecule has 0 saturated carbocycles. The van der Waals surface area contributed by atoms with Crippen molar-refractivity contribution in [2.75, 3.05) is 13.1 Å². The third kappa shape index (κ3) is 4.67. The average Bonchev–Trinajstić information content (AvgIpc) is 3.58. The quantitative estimate of drug-likeness (QED) is 0.346. The van der Waals surface area contributed by atoms with Gasteiger partial charge in [0.1, 0.15) is 5.69 Å². The second-order valence-corrected chi connectivity index (χ2v) is 12.5. The predicted octanol–water partition coefficient (Wildman–Crippen LogP) is 6.09. The second-order valence-electron chi connectivity index (χ2n) is 11.3. The zero-order valence-electron chi connectivity index (χ0n) is 23.1. The molecular formula is C29H31F3N4O3S. The molecule has 11 heteroatoms. The van der Waals surface area contributed by atoms with E-state index in [1.165, 1.54) is 29.4 Å². The van der Waals surface area contributed by atoms with E-state index >= 15 is 0 Å². The monoisotopic (exact) mass is 572 g/mol. The number of hydrogen-bond acceptors (Lipinski definition) is 6. The molecule has 2 fully saturated rings. The summed E-state index contributed by atoms with van der Waals surface area (Å²) in [5, 5.41) is 0. The number of fused-ring (bicyclic) bond motifs is 1. The van der Waals surface area contributed by atoms with E-state index in [4.69, 9.17) is 0 Å². The fourth-order valence-electron chi connectivity index (χ4n) is 5.52. The molecular weight excluding hydrogens is 541 g/mol. The van der Waals surface area contributed by atoms with Gasteiger partial charge in [0.05, 0.1) is 33.4 Å². The number of imide groups is 1. The minimum absolute atomic E-state index is 0.0406. The molecule has 3 aromatic heterocycles. The Morgan fingerprint density at radius 1 is 1.23 bits per heavy atom. The fraction of sp³-hybridized carbons (Fsp3) is 0.483. The first-order valence-electron chi connectivity index (χ1n) is 13.4. The van der Waals surface area contributed by atoms with Gasteiger partial charge < -0.3 is 4.90 Å². The number of carbonyl (C=O) groups excluding carboxylic acids is 3. The number of carbonyl (C=O) groups is 3. The molecule has 0 aliphatic carbocycles. The highest BCUT2D eigenvalue weighted by atomic mass is 32.1. The minimum atomic E-state index is -4.70. The molecule has 40 heavy (non-hydrogen) atoms. The lowest BCUT2D eigenvalue weighted by Crippen LogP contribution is -2.32. The summed E-state index contributed by atoms with van der Waals surface area (Å²) >= 11 is 1.23. The van der Waals surface area contributed by atoms with E-state index in [9.17, 15) is 27.6 Å². The molecule has 0 bridgehead atoms. The maximum Gasteiger partial charge on any atom is 0.433 e. The van der Waals surface area contributed by atoms with Crippen molar-refractivity contribution in [1.29, 1.82) is 0 Å². The molecule has 0 aromatic carbocycles. The summed E-state index contributed by atoms with van der Waals surface area (Å²) < 4.78 is 42.2. The topological polar surface area (TPSA) is 83.5 Å². The van der Waals surface area contributed by atoms with Gasteiger partial charge in [0.15, 0.2) is 0 Å². The van der Waals surface area contributed by atoms with Crippen LogP contribution in [0.15, 0.2) is 24.4 Å². The lowest BCUT2D eigenvalue weighted by Gasteiger charge is -2.21. The number of halogens is 3. The van der Waals surface area contributed by atoms with Crippen LogP contribution in [0.2, 0.25) is 0 Å². The average molecular weight is 573 g/mol. The van der Waals surface area contributed by atoms with Crippen molar-refractivity contribution in [1.82, 2.24) is 19.8 Å². The van der Waals surface area contributed by atoms with Crippen LogP contribution in [0.5, 0.6) is 0 Å². The van der Waals surface area contributed by atoms with Gasteiger partial charge in [0.25, 0.3) is 5.91 Å². The molecule has 3 aromatic rings. The van der Waals surface area contributed by atoms with Crippen LogP contribution in [0.3, 0.4) is 0 Å². The highest BCUT2D eigenvalue weighted by Gasteiger charge is 2.51. The van der Waals surface area contributed by atoms with Gasteiger partial charge in [-0.3, -0.25) is 24.3 Å². The van der Waals surface area contributed by atoms with Crippen molar-refractivity contribution < 1.29 is 27.6 Å². The molecule has 212 valence electrons. The van der Waals surface area contributed by atoms with E-state index in [2.05, 4.69) is 16.9 Å². The number of amides is 3. The lowest BCUT2D eigenvalue weighted by molar-refractivity contribution is -0.142. The smallest absolute Gasteiger partial charge is 0.338 e. The third-order valence-corrected chi connectivity index (χ3v) is 9.56. The molecule has 1 unspecified atom stereocenters. The number of rotatable bonds is 5. The van der Waals surface area contributed by atoms with Crippen LogP contribution in [0, 0.1) is 24.2 Å². The maximum absolute atomic E-state index is 13.9. The van der Waals surface area contributed by atoms with Gasteiger partial charge in [0.2, 0.25) is 11.8 Å². The van der Waals surface area contributed by atoms with Gasteiger partial charge >= 0.3 is 6.18 Å². The first-order valence-corrected chi connectivity index (χ1v) is 14.2. The Bertz CT molecular complexity index is 1530. The largest absolute Gasteiger partial charge is 0.433 e. The number of hydrogen-bond donors (Lipinski definition) is 0. The van der Waals surface area contributed by atoms with Gasteiger partial charge in [-0.25, -0.2) is 4.98 Å². The van der Waals surface area contributed by atoms with Crippen molar-refractivity contribution in [3.63, 3.8) is 0 Å². The van der Waals surface area contributed by atoms with Gasteiger partial charge in [-0.15, -0.1) is 11.3 Å². The molecule has 5 heterocycles. The minimum Gasteiger partial charge on any atom is -0.338 e. The van der Waals surface area contributed by atoms with E-state index in [-0.39, 0.29) is 41.1 Å². The Kier molecular flexibility index (Phi) is 7.00. The standard InChI is InChI=1S/C29H31F3N4O3S/c1-6-17-8-10-35(13-17)26(38)22-15(2)11-21(29(30,31)32)34-23(22)19-7-9-33-20-12-18(40-24(19)20)14-36-25(37)16(3)28(4,5)27(36)39/h7,9,11-12,16-17H,6,8,10,13-14H2,1-5H3/t16?,17-/m0/s1. The van der Waals surface area contributed by atoms with Crippen LogP contribution in [-0.4, -0.2) is 50.6 Å². The van der Waals surface area contributed by atoms with Crippen molar-refractivity contribution in [2.24, 2.45) is 17.3 Å². The van der Waals surface area contributed by atoms with Crippen molar-refractivity contribution in [3.05, 3.63) is 46.1 Å². The van der Waals surface area contributed by atoms with Gasteiger partial charge in [-0.2, -0.15) is 13.2 Å². The maximum atomic E-state index is 13.9. The molecule has 2 aliphatic heterocycles. The highest BCUT2D eigenvalue weighted by Crippen LogP contribution is 2.41. The molecule has 2 saturated heterocycles. The van der Waals surface area contributed by atoms with Crippen molar-refractivity contribution in [2.45, 2.75) is 60.2 Å². The van der Waals surface area contributed by atoms with Gasteiger partial charge in [-0.05, 0) is 43.0 Å². The number of alkyl halides is 3. The van der Waals surface area contributed by atoms with Gasteiger partial charge in [0, 0.05) is 35.6 Å². The van der Waals surface area contributed by atoms with Crippen molar-refractivity contribution in [3.8, 4) is 11.3 Å². The Morgan fingerprint density at radius 3 is 2.55 bits per heavy atom. The number of aryl methyl sites for hydroxylation is 1. The van der Waals surface area contributed by atoms with Crippen LogP contribution in [-0.2, 0) is 22.3 Å². The van der Waals surface area contributed by atoms with Crippen LogP contribution in [0.1, 0.15) is 67.0 Å². The molecule has 0 N–H and O–H groups in total. The Hall–Kier alpha value is -3.34. The molecule has 2 atom stereocenters. The summed E-state index contributed by atoms with van der Waals surface area (Å²) in [4.78, 5) is 51.5. The summed E-state index contributed by atoms with van der Waals surface area (Å²) in [6.45, 7) is 9.91. The van der Waals surface area contributed by atoms with E-state index < -0.39 is 23.2 Å². The first-order chi connectivity index (χ1) is 18.7. The van der Waals surface area contributed by atoms with Crippen LogP contribution >= 0.6 is 11.3 Å². The zero-order valence-corrected chi connectivity index (χ0v) is 23.9. The van der Waals surface area contributed by atoms with E-state index in [1.807, 2.05) is 0 Å². The Labute approximate surface area is 234 Å². The summed E-state index contributed by atoms with van der Waals surface area (Å²) in [5.74, 6) is -0.983. The summed E-state index contributed by atoms with van der Waals surface area (Å²) in [5.41, 5.74) is -0.736. The molecule has 3 amide bonds. The van der Waals surface area contributed by atoms with Crippen LogP contribution in [0.25, 0.3) is 21.5 Å². The Morgan fingerprint density at radius 2 is 1.95 bits per heavy atom. The zero-order chi connectivity index (χ0) is 29.1. The summed E-state index contributed by atoms with van der Waals surface area (Å²) in [6, 6.07) is 4.22. The highest BCUT2D eigenvalue weighted by molar-refractivity contribution is 7.19. The third-order valence-electron chi connectivity index (χ3n) is 8.42. The predicted molar refractivity (Wildman–Crippen MR) is 145 cm³/mol. The number of thiophene rings is 1. The second kappa shape index (κ2) is 9.94. The molecule has 5 rings (SSSR count). The van der Waals surface area contributed by atoms with E-state index in [1.54, 1.807) is 37.8 Å². The first kappa shape index (κ1) is 28.2. The molecule has 0 spiro atoms. The summed E-state index contributed by atoms with van der Waals surface area (Å²) in [7, 11) is 0. The van der Waals surface area contributed by atoms with Crippen LogP contribution in [0.4, 0.5) is 13.2 Å². The number of pyridine rings is 2. The van der Waals surface area contributed by atoms with Gasteiger partial charge in [-0.1, -0.05) is 34.1 Å². The fourth-order valence-corrected chi connectivity index (χ4v) is 6.64. The number of nitrogens with zero attached hydrogens (tertiary/aromatic N) is 4. The molecule has 0 radical (unpaired) electrons. The Balaban J connectivity index is 1.61. The molecule has 7 nitrogen and oxygen atoms in total.